The molecular weight excluding hydrogens is 172 g/mol. The molecule has 0 aliphatic carbocycles. The average Bonchev–Trinajstić information content (AvgIpc) is 2.47. The van der Waals surface area contributed by atoms with Gasteiger partial charge in [-0.15, -0.1) is 0 Å². The summed E-state index contributed by atoms with van der Waals surface area (Å²) < 4.78 is 0. The second kappa shape index (κ2) is 4.23. The molecular formula is C8H14N2O3. The van der Waals surface area contributed by atoms with Crippen LogP contribution in [0.3, 0.4) is 0 Å². The van der Waals surface area contributed by atoms with E-state index in [1.807, 2.05) is 7.05 Å². The van der Waals surface area contributed by atoms with Crippen molar-refractivity contribution in [2.75, 3.05) is 26.7 Å². The zero-order valence-electron chi connectivity index (χ0n) is 7.62. The molecule has 1 unspecified atom stereocenters. The SMILES string of the molecule is CN1CCC(C(=O)NCC(=O)O)C1. The number of aliphatic carboxylic acids is 1. The van der Waals surface area contributed by atoms with Crippen LogP contribution in [0.4, 0.5) is 0 Å². The Morgan fingerprint density at radius 2 is 2.31 bits per heavy atom. The number of carboxylic acids is 1. The van der Waals surface area contributed by atoms with Crippen molar-refractivity contribution in [3.05, 3.63) is 0 Å². The van der Waals surface area contributed by atoms with Crippen LogP contribution in [0.2, 0.25) is 0 Å². The standard InChI is InChI=1S/C8H14N2O3/c1-10-3-2-6(5-10)8(13)9-4-7(11)12/h6H,2-5H2,1H3,(H,9,13)(H,11,12). The van der Waals surface area contributed by atoms with Gasteiger partial charge in [0.2, 0.25) is 5.91 Å². The van der Waals surface area contributed by atoms with Gasteiger partial charge in [0, 0.05) is 6.54 Å². The Morgan fingerprint density at radius 3 is 2.77 bits per heavy atom. The second-order valence-electron chi connectivity index (χ2n) is 3.36. The third-order valence-electron chi connectivity index (χ3n) is 2.18. The lowest BCUT2D eigenvalue weighted by Crippen LogP contribution is -2.35. The van der Waals surface area contributed by atoms with E-state index in [2.05, 4.69) is 10.2 Å². The van der Waals surface area contributed by atoms with E-state index in [1.165, 1.54) is 0 Å². The predicted molar refractivity (Wildman–Crippen MR) is 46.2 cm³/mol. The van der Waals surface area contributed by atoms with Gasteiger partial charge in [0.15, 0.2) is 0 Å². The van der Waals surface area contributed by atoms with Crippen LogP contribution in [0, 0.1) is 5.92 Å². The quantitative estimate of drug-likeness (QED) is 0.601. The van der Waals surface area contributed by atoms with Crippen LogP contribution in [0.15, 0.2) is 0 Å². The van der Waals surface area contributed by atoms with Crippen LogP contribution in [0.25, 0.3) is 0 Å². The normalized spacial score (nSPS) is 23.0. The number of nitrogens with one attached hydrogen (secondary N) is 1. The van der Waals surface area contributed by atoms with Gasteiger partial charge in [-0.05, 0) is 20.0 Å². The largest absolute Gasteiger partial charge is 0.480 e. The summed E-state index contributed by atoms with van der Waals surface area (Å²) >= 11 is 0. The fourth-order valence-electron chi connectivity index (χ4n) is 1.46. The molecule has 0 radical (unpaired) electrons. The summed E-state index contributed by atoms with van der Waals surface area (Å²) in [5.74, 6) is -1.18. The lowest BCUT2D eigenvalue weighted by atomic mass is 10.1. The molecule has 1 atom stereocenters. The number of amides is 1. The van der Waals surface area contributed by atoms with E-state index in [1.54, 1.807) is 0 Å². The zero-order chi connectivity index (χ0) is 9.84. The van der Waals surface area contributed by atoms with Crippen molar-refractivity contribution in [2.24, 2.45) is 5.92 Å². The minimum Gasteiger partial charge on any atom is -0.480 e. The van der Waals surface area contributed by atoms with E-state index in [0.29, 0.717) is 0 Å². The first-order valence-electron chi connectivity index (χ1n) is 4.27. The van der Waals surface area contributed by atoms with Gasteiger partial charge in [-0.1, -0.05) is 0 Å². The van der Waals surface area contributed by atoms with Crippen molar-refractivity contribution in [2.45, 2.75) is 6.42 Å². The maximum atomic E-state index is 11.3. The number of carboxylic acid groups (broad SMARTS) is 1. The Hall–Kier alpha value is -1.10. The summed E-state index contributed by atoms with van der Waals surface area (Å²) in [7, 11) is 1.95. The Morgan fingerprint density at radius 1 is 1.62 bits per heavy atom. The Balaban J connectivity index is 2.27. The highest BCUT2D eigenvalue weighted by Crippen LogP contribution is 2.13. The summed E-state index contributed by atoms with van der Waals surface area (Å²) in [6, 6.07) is 0. The molecule has 2 N–H and O–H groups in total. The van der Waals surface area contributed by atoms with Gasteiger partial charge >= 0.3 is 5.97 Å². The number of carbonyl (C=O) groups is 2. The molecule has 1 amide bonds. The van der Waals surface area contributed by atoms with Crippen LogP contribution >= 0.6 is 0 Å². The number of hydrogen-bond acceptors (Lipinski definition) is 3. The molecule has 5 nitrogen and oxygen atoms in total. The monoisotopic (exact) mass is 186 g/mol. The molecule has 1 aliphatic rings. The third-order valence-corrected chi connectivity index (χ3v) is 2.18. The van der Waals surface area contributed by atoms with Crippen LogP contribution in [-0.4, -0.2) is 48.6 Å². The van der Waals surface area contributed by atoms with Gasteiger partial charge in [-0.2, -0.15) is 0 Å². The molecule has 0 aromatic heterocycles. The highest BCUT2D eigenvalue weighted by molar-refractivity contribution is 5.83. The van der Waals surface area contributed by atoms with E-state index in [0.717, 1.165) is 19.5 Å². The summed E-state index contributed by atoms with van der Waals surface area (Å²) in [4.78, 5) is 23.5. The van der Waals surface area contributed by atoms with E-state index < -0.39 is 5.97 Å². The molecule has 0 spiro atoms. The summed E-state index contributed by atoms with van der Waals surface area (Å²) in [5.41, 5.74) is 0. The van der Waals surface area contributed by atoms with Crippen LogP contribution in [-0.2, 0) is 9.59 Å². The molecule has 0 bridgehead atoms. The Kier molecular flexibility index (Phi) is 3.25. The molecule has 1 saturated heterocycles. The highest BCUT2D eigenvalue weighted by atomic mass is 16.4. The molecule has 13 heavy (non-hydrogen) atoms. The topological polar surface area (TPSA) is 69.6 Å². The Bertz CT molecular complexity index is 217. The van der Waals surface area contributed by atoms with E-state index in [-0.39, 0.29) is 18.4 Å². The average molecular weight is 186 g/mol. The van der Waals surface area contributed by atoms with Crippen LogP contribution < -0.4 is 5.32 Å². The van der Waals surface area contributed by atoms with Gasteiger partial charge in [0.25, 0.3) is 0 Å². The molecule has 1 rings (SSSR count). The van der Waals surface area contributed by atoms with Crippen molar-refractivity contribution in [1.29, 1.82) is 0 Å². The van der Waals surface area contributed by atoms with E-state index in [4.69, 9.17) is 5.11 Å². The minimum atomic E-state index is -1.00. The van der Waals surface area contributed by atoms with Crippen molar-refractivity contribution in [3.8, 4) is 0 Å². The summed E-state index contributed by atoms with van der Waals surface area (Å²) in [6.45, 7) is 1.36. The molecule has 1 aliphatic heterocycles. The van der Waals surface area contributed by atoms with Crippen molar-refractivity contribution < 1.29 is 14.7 Å². The molecule has 5 heteroatoms. The van der Waals surface area contributed by atoms with Crippen LogP contribution in [0.5, 0.6) is 0 Å². The number of rotatable bonds is 3. The third kappa shape index (κ3) is 3.02. The Labute approximate surface area is 76.7 Å². The predicted octanol–water partition coefficient (Wildman–Crippen LogP) is -0.861. The lowest BCUT2D eigenvalue weighted by Gasteiger charge is -2.09. The van der Waals surface area contributed by atoms with Crippen molar-refractivity contribution in [3.63, 3.8) is 0 Å². The highest BCUT2D eigenvalue weighted by Gasteiger charge is 2.25. The first kappa shape index (κ1) is 9.98. The summed E-state index contributed by atoms with van der Waals surface area (Å²) in [6.07, 6.45) is 0.821. The van der Waals surface area contributed by atoms with Crippen molar-refractivity contribution in [1.82, 2.24) is 10.2 Å². The maximum absolute atomic E-state index is 11.3. The molecule has 74 valence electrons. The van der Waals surface area contributed by atoms with Crippen molar-refractivity contribution >= 4 is 11.9 Å². The first-order valence-corrected chi connectivity index (χ1v) is 4.27. The fourth-order valence-corrected chi connectivity index (χ4v) is 1.46. The number of likely N-dealkylation sites (tertiary alicyclic amines) is 1. The molecule has 0 aromatic carbocycles. The van der Waals surface area contributed by atoms with Gasteiger partial charge in [0.05, 0.1) is 5.92 Å². The summed E-state index contributed by atoms with van der Waals surface area (Å²) in [5, 5.41) is 10.7. The fraction of sp³-hybridized carbons (Fsp3) is 0.750. The molecule has 1 heterocycles. The maximum Gasteiger partial charge on any atom is 0.322 e. The van der Waals surface area contributed by atoms with E-state index >= 15 is 0 Å². The van der Waals surface area contributed by atoms with Gasteiger partial charge in [-0.25, -0.2) is 0 Å². The second-order valence-corrected chi connectivity index (χ2v) is 3.36. The lowest BCUT2D eigenvalue weighted by molar-refractivity contribution is -0.138. The van der Waals surface area contributed by atoms with Gasteiger partial charge in [0.1, 0.15) is 6.54 Å². The zero-order valence-corrected chi connectivity index (χ0v) is 7.62. The first-order chi connectivity index (χ1) is 6.09. The van der Waals surface area contributed by atoms with E-state index in [9.17, 15) is 9.59 Å². The number of carbonyl (C=O) groups excluding carboxylic acids is 1. The molecule has 0 saturated carbocycles. The van der Waals surface area contributed by atoms with Crippen LogP contribution in [0.1, 0.15) is 6.42 Å². The molecule has 1 fully saturated rings. The van der Waals surface area contributed by atoms with Gasteiger partial charge in [-0.3, -0.25) is 9.59 Å². The van der Waals surface area contributed by atoms with Gasteiger partial charge < -0.3 is 15.3 Å². The molecule has 0 aromatic rings. The smallest absolute Gasteiger partial charge is 0.322 e. The number of nitrogens with zero attached hydrogens (tertiary/aromatic N) is 1. The number of hydrogen-bond donors (Lipinski definition) is 2. The minimum absolute atomic E-state index is 0.0376.